The van der Waals surface area contributed by atoms with E-state index in [-0.39, 0.29) is 24.8 Å². The largest absolute Gasteiger partial charge is 1.00 e. The molecule has 1 unspecified atom stereocenters. The van der Waals surface area contributed by atoms with Crippen molar-refractivity contribution in [1.29, 1.82) is 0 Å². The summed E-state index contributed by atoms with van der Waals surface area (Å²) in [6.07, 6.45) is 16.5. The van der Waals surface area contributed by atoms with Crippen LogP contribution in [-0.4, -0.2) is 8.07 Å². The second-order valence-corrected chi connectivity index (χ2v) is 19.7. The summed E-state index contributed by atoms with van der Waals surface area (Å²) in [4.78, 5) is 0. The maximum atomic E-state index is 2.72. The summed E-state index contributed by atoms with van der Waals surface area (Å²) < 4.78 is 2.42. The zero-order valence-electron chi connectivity index (χ0n) is 14.2. The number of halogens is 2. The van der Waals surface area contributed by atoms with Gasteiger partial charge in [-0.25, -0.2) is 0 Å². The van der Waals surface area contributed by atoms with E-state index in [0.717, 1.165) is 0 Å². The van der Waals surface area contributed by atoms with E-state index in [1.165, 1.54) is 24.8 Å². The molecule has 1 aromatic carbocycles. The first-order valence-electron chi connectivity index (χ1n) is 8.72. The van der Waals surface area contributed by atoms with E-state index in [9.17, 15) is 0 Å². The van der Waals surface area contributed by atoms with Gasteiger partial charge < -0.3 is 24.8 Å². The quantitative estimate of drug-likeness (QED) is 0.447. The molecule has 4 heteroatoms. The van der Waals surface area contributed by atoms with Gasteiger partial charge in [-0.05, 0) is 0 Å². The van der Waals surface area contributed by atoms with Gasteiger partial charge in [-0.15, -0.1) is 0 Å². The molecule has 0 N–H and O–H groups in total. The molecule has 2 aliphatic carbocycles. The summed E-state index contributed by atoms with van der Waals surface area (Å²) in [5, 5.41) is 0. The molecule has 0 saturated carbocycles. The Kier molecular flexibility index (Phi) is 6.98. The normalized spacial score (nSPS) is 25.0. The van der Waals surface area contributed by atoms with Crippen LogP contribution in [0.4, 0.5) is 0 Å². The Balaban J connectivity index is 0.00000104. The Hall–Kier alpha value is 0.107. The van der Waals surface area contributed by atoms with Crippen LogP contribution in [0.5, 0.6) is 0 Å². The molecule has 126 valence electrons. The van der Waals surface area contributed by atoms with Crippen LogP contribution < -0.4 is 24.8 Å². The van der Waals surface area contributed by atoms with Crippen LogP contribution >= 0.6 is 0 Å². The maximum Gasteiger partial charge on any atom is -1.00 e. The van der Waals surface area contributed by atoms with E-state index in [1.54, 1.807) is 23.7 Å². The molecule has 4 rings (SSSR count). The van der Waals surface area contributed by atoms with Gasteiger partial charge >= 0.3 is 147 Å². The molecule has 1 heterocycles. The van der Waals surface area contributed by atoms with E-state index >= 15 is 0 Å². The van der Waals surface area contributed by atoms with Crippen LogP contribution in [0.25, 0.3) is 6.08 Å². The monoisotopic (exact) mass is 542 g/mol. The van der Waals surface area contributed by atoms with Gasteiger partial charge in [0.05, 0.1) is 0 Å². The van der Waals surface area contributed by atoms with Crippen LogP contribution in [-0.2, 0) is 25.7 Å². The van der Waals surface area contributed by atoms with Crippen molar-refractivity contribution in [2.45, 2.75) is 47.1 Å². The molecule has 0 radical (unpaired) electrons. The van der Waals surface area contributed by atoms with Crippen LogP contribution in [0.15, 0.2) is 51.9 Å². The standard InChI is InChI=1S/C15H19Si.C5H5.2ClH.Hf/c1-2-10-16(11-5-12-16)15-9-8-13-6-3-4-7-14(13)15;1-2-4-5-3-1;;;/h3-4,6-9H,2,5,10-12H2,1H3;1-3H,4H2;2*1H;/q;;;;+2/p-2. The Labute approximate surface area is 171 Å². The summed E-state index contributed by atoms with van der Waals surface area (Å²) in [6, 6.07) is 14.1. The molecule has 1 atom stereocenters. The Morgan fingerprint density at radius 3 is 2.58 bits per heavy atom. The number of allylic oxidation sites excluding steroid dienone is 5. The number of fused-ring (bicyclic) bond motifs is 1. The fourth-order valence-electron chi connectivity index (χ4n) is 4.73. The fourth-order valence-corrected chi connectivity index (χ4v) is 23.4. The van der Waals surface area contributed by atoms with Crippen molar-refractivity contribution in [3.05, 3.63) is 63.0 Å². The first kappa shape index (κ1) is 20.4. The molecule has 1 aliphatic heterocycles. The summed E-state index contributed by atoms with van der Waals surface area (Å²) >= 11 is -0.878. The van der Waals surface area contributed by atoms with Crippen molar-refractivity contribution in [3.8, 4) is 0 Å². The number of rotatable bonds is 5. The van der Waals surface area contributed by atoms with Crippen molar-refractivity contribution < 1.29 is 47.7 Å². The Bertz CT molecular complexity index is 676. The summed E-state index contributed by atoms with van der Waals surface area (Å²) in [5.74, 6) is 0. The molecule has 0 bridgehead atoms. The SMILES string of the molecule is CCC[Si]1([C]2([Hf+2][C]3=CC=CC3)C=Cc3ccccc32)CCC1.[Cl-].[Cl-]. The zero-order valence-corrected chi connectivity index (χ0v) is 20.3. The fraction of sp³-hybridized carbons (Fsp3) is 0.400. The molecule has 1 fully saturated rings. The zero-order chi connectivity index (χ0) is 15.0. The van der Waals surface area contributed by atoms with E-state index in [4.69, 9.17) is 0 Å². The molecular weight excluding hydrogens is 518 g/mol. The summed E-state index contributed by atoms with van der Waals surface area (Å²) in [5.41, 5.74) is 3.28. The molecule has 0 spiro atoms. The molecular formula is C20H24Cl2HfSi. The average Bonchev–Trinajstić information content (AvgIpc) is 3.13. The molecule has 0 aromatic heterocycles. The third kappa shape index (κ3) is 3.13. The second-order valence-electron chi connectivity index (χ2n) is 7.06. The van der Waals surface area contributed by atoms with Crippen molar-refractivity contribution >= 4 is 14.1 Å². The number of benzene rings is 1. The van der Waals surface area contributed by atoms with Crippen LogP contribution in [0, 0.1) is 0 Å². The number of hydrogen-bond acceptors (Lipinski definition) is 0. The van der Waals surface area contributed by atoms with Gasteiger partial charge in [0.25, 0.3) is 0 Å². The molecule has 24 heavy (non-hydrogen) atoms. The average molecular weight is 542 g/mol. The first-order valence-corrected chi connectivity index (χ1v) is 14.9. The van der Waals surface area contributed by atoms with Gasteiger partial charge in [-0.3, -0.25) is 0 Å². The van der Waals surface area contributed by atoms with Crippen LogP contribution in [0.2, 0.25) is 18.1 Å². The Morgan fingerprint density at radius 1 is 1.17 bits per heavy atom. The van der Waals surface area contributed by atoms with Gasteiger partial charge in [-0.1, -0.05) is 0 Å². The third-order valence-corrected chi connectivity index (χ3v) is 24.3. The van der Waals surface area contributed by atoms with Gasteiger partial charge in [0.15, 0.2) is 0 Å². The van der Waals surface area contributed by atoms with Gasteiger partial charge in [0, 0.05) is 0 Å². The predicted octanol–water partition coefficient (Wildman–Crippen LogP) is -0.355. The van der Waals surface area contributed by atoms with Crippen LogP contribution in [0.1, 0.15) is 37.3 Å². The molecule has 1 saturated heterocycles. The first-order chi connectivity index (χ1) is 10.8. The summed E-state index contributed by atoms with van der Waals surface area (Å²) in [7, 11) is -1.15. The smallest absolute Gasteiger partial charge is 1.00 e. The molecule has 0 nitrogen and oxygen atoms in total. The molecule has 0 amide bonds. The van der Waals surface area contributed by atoms with Crippen molar-refractivity contribution in [1.82, 2.24) is 0 Å². The van der Waals surface area contributed by atoms with Gasteiger partial charge in [-0.2, -0.15) is 0 Å². The van der Waals surface area contributed by atoms with Gasteiger partial charge in [0.1, 0.15) is 0 Å². The minimum absolute atomic E-state index is 0. The molecule has 1 aromatic rings. The maximum absolute atomic E-state index is 2.72. The van der Waals surface area contributed by atoms with Crippen molar-refractivity contribution in [2.75, 3.05) is 0 Å². The van der Waals surface area contributed by atoms with E-state index < -0.39 is 31.0 Å². The van der Waals surface area contributed by atoms with Gasteiger partial charge in [0.2, 0.25) is 0 Å². The number of hydrogen-bond donors (Lipinski definition) is 0. The predicted molar refractivity (Wildman–Crippen MR) is 94.1 cm³/mol. The van der Waals surface area contributed by atoms with Crippen LogP contribution in [0.3, 0.4) is 0 Å². The van der Waals surface area contributed by atoms with Crippen molar-refractivity contribution in [3.63, 3.8) is 0 Å². The van der Waals surface area contributed by atoms with E-state index in [2.05, 4.69) is 61.6 Å². The second kappa shape index (κ2) is 8.20. The van der Waals surface area contributed by atoms with Crippen molar-refractivity contribution in [2.24, 2.45) is 0 Å². The summed E-state index contributed by atoms with van der Waals surface area (Å²) in [6.45, 7) is 2.41. The van der Waals surface area contributed by atoms with E-state index in [1.807, 2.05) is 3.33 Å². The molecule has 3 aliphatic rings. The minimum Gasteiger partial charge on any atom is -1.00 e. The topological polar surface area (TPSA) is 0 Å². The third-order valence-electron chi connectivity index (χ3n) is 5.90. The van der Waals surface area contributed by atoms with E-state index in [0.29, 0.717) is 2.79 Å². The minimum atomic E-state index is -1.15. The Morgan fingerprint density at radius 2 is 1.96 bits per heavy atom.